The average Bonchev–Trinajstić information content (AvgIpc) is 3.17. The van der Waals surface area contributed by atoms with Crippen molar-refractivity contribution in [3.05, 3.63) is 50.8 Å². The predicted molar refractivity (Wildman–Crippen MR) is 131 cm³/mol. The van der Waals surface area contributed by atoms with Gasteiger partial charge in [0.25, 0.3) is 5.56 Å². The van der Waals surface area contributed by atoms with Gasteiger partial charge < -0.3 is 14.8 Å². The van der Waals surface area contributed by atoms with E-state index in [1.165, 1.54) is 11.3 Å². The maximum Gasteiger partial charge on any atom is 0.260 e. The lowest BCUT2D eigenvalue weighted by molar-refractivity contribution is 0.0247. The molecule has 2 aromatic heterocycles. The first-order chi connectivity index (χ1) is 15.4. The van der Waals surface area contributed by atoms with Gasteiger partial charge in [-0.25, -0.2) is 4.98 Å². The first-order valence-corrected chi connectivity index (χ1v) is 11.8. The number of benzene rings is 1. The Hall–Kier alpha value is -2.21. The number of nitrogens with one attached hydrogen (secondary N) is 1. The molecule has 0 bridgehead atoms. The molecule has 0 aliphatic rings. The van der Waals surface area contributed by atoms with Crippen LogP contribution in [0.4, 0.5) is 0 Å². The topological polar surface area (TPSA) is 78.5 Å². The Morgan fingerprint density at radius 1 is 1.41 bits per heavy atom. The highest BCUT2D eigenvalue weighted by Crippen LogP contribution is 2.32. The van der Waals surface area contributed by atoms with E-state index >= 15 is 0 Å². The average molecular weight is 474 g/mol. The van der Waals surface area contributed by atoms with E-state index in [1.54, 1.807) is 6.07 Å². The van der Waals surface area contributed by atoms with Crippen molar-refractivity contribution in [2.24, 2.45) is 5.92 Å². The van der Waals surface area contributed by atoms with Gasteiger partial charge in [0.05, 0.1) is 24.6 Å². The third kappa shape index (κ3) is 6.64. The number of aliphatic hydroxyl groups excluding tert-OH is 1. The number of aliphatic hydroxyl groups is 1. The zero-order chi connectivity index (χ0) is 23.1. The number of aromatic amines is 1. The van der Waals surface area contributed by atoms with E-state index < -0.39 is 6.10 Å². The van der Waals surface area contributed by atoms with Crippen molar-refractivity contribution in [2.75, 3.05) is 26.3 Å². The van der Waals surface area contributed by atoms with Gasteiger partial charge in [-0.15, -0.1) is 17.8 Å². The van der Waals surface area contributed by atoms with E-state index in [4.69, 9.17) is 27.7 Å². The Morgan fingerprint density at radius 3 is 2.94 bits per heavy atom. The fourth-order valence-corrected chi connectivity index (χ4v) is 4.59. The van der Waals surface area contributed by atoms with Crippen LogP contribution in [0.2, 0.25) is 5.02 Å². The molecular weight excluding hydrogens is 446 g/mol. The Labute approximate surface area is 197 Å². The van der Waals surface area contributed by atoms with Gasteiger partial charge >= 0.3 is 0 Å². The molecule has 0 spiro atoms. The van der Waals surface area contributed by atoms with Crippen LogP contribution in [0.5, 0.6) is 0 Å². The number of terminal acetylenes is 1. The van der Waals surface area contributed by atoms with Crippen molar-refractivity contribution in [3.8, 4) is 23.5 Å². The minimum atomic E-state index is -0.679. The maximum absolute atomic E-state index is 13.0. The van der Waals surface area contributed by atoms with Crippen molar-refractivity contribution in [3.63, 3.8) is 0 Å². The highest BCUT2D eigenvalue weighted by atomic mass is 35.5. The van der Waals surface area contributed by atoms with E-state index in [0.717, 1.165) is 24.1 Å². The van der Waals surface area contributed by atoms with E-state index in [1.807, 2.05) is 23.6 Å². The van der Waals surface area contributed by atoms with Crippen LogP contribution in [0.25, 0.3) is 21.3 Å². The molecule has 0 saturated carbocycles. The Morgan fingerprint density at radius 2 is 2.22 bits per heavy atom. The summed E-state index contributed by atoms with van der Waals surface area (Å²) in [6.07, 6.45) is 5.47. The van der Waals surface area contributed by atoms with Crippen molar-refractivity contribution in [1.29, 1.82) is 0 Å². The van der Waals surface area contributed by atoms with E-state index in [-0.39, 0.29) is 18.8 Å². The van der Waals surface area contributed by atoms with E-state index in [2.05, 4.69) is 29.7 Å². The number of hydrogen-bond donors (Lipinski definition) is 2. The predicted octanol–water partition coefficient (Wildman–Crippen LogP) is 4.16. The van der Waals surface area contributed by atoms with Crippen LogP contribution < -0.4 is 5.56 Å². The number of aromatic nitrogens is 2. The molecule has 1 unspecified atom stereocenters. The first-order valence-electron chi connectivity index (χ1n) is 10.5. The van der Waals surface area contributed by atoms with E-state index in [0.29, 0.717) is 40.1 Å². The summed E-state index contributed by atoms with van der Waals surface area (Å²) in [7, 11) is 0. The molecule has 1 aromatic carbocycles. The summed E-state index contributed by atoms with van der Waals surface area (Å²) < 4.78 is 5.26. The second kappa shape index (κ2) is 11.6. The minimum Gasteiger partial charge on any atom is -0.389 e. The number of fused-ring (bicyclic) bond motifs is 1. The molecule has 8 heteroatoms. The van der Waals surface area contributed by atoms with Crippen LogP contribution in [-0.2, 0) is 11.3 Å². The molecule has 170 valence electrons. The number of thiophene rings is 1. The highest BCUT2D eigenvalue weighted by Gasteiger charge is 2.17. The quantitative estimate of drug-likeness (QED) is 0.323. The monoisotopic (exact) mass is 473 g/mol. The van der Waals surface area contributed by atoms with Gasteiger partial charge in [-0.2, -0.15) is 0 Å². The summed E-state index contributed by atoms with van der Waals surface area (Å²) in [5, 5.41) is 13.5. The fraction of sp³-hybridized carbons (Fsp3) is 0.417. The number of hydrogen-bond acceptors (Lipinski definition) is 6. The number of rotatable bonds is 11. The van der Waals surface area contributed by atoms with Gasteiger partial charge in [0.2, 0.25) is 0 Å². The molecule has 2 N–H and O–H groups in total. The zero-order valence-electron chi connectivity index (χ0n) is 18.3. The molecule has 6 nitrogen and oxygen atoms in total. The Kier molecular flexibility index (Phi) is 8.85. The third-order valence-electron chi connectivity index (χ3n) is 4.99. The van der Waals surface area contributed by atoms with Crippen LogP contribution in [0.1, 0.15) is 26.1 Å². The molecule has 0 radical (unpaired) electrons. The standard InChI is InChI=1S/C24H28ClN3O3S/c1-4-10-31-14-19(29)12-28(9-8-16(2)3)13-21-26-23(30)22-20(15-32-24(22)27-21)17-6-5-7-18(25)11-17/h1,5-7,11,15-16,19,29H,8-10,12-14H2,2-3H3,(H,26,27,30). The number of ether oxygens (including phenoxy) is 1. The molecule has 1 atom stereocenters. The lowest BCUT2D eigenvalue weighted by atomic mass is 10.1. The lowest BCUT2D eigenvalue weighted by Crippen LogP contribution is -2.36. The summed E-state index contributed by atoms with van der Waals surface area (Å²) in [6.45, 7) is 6.23. The Bertz CT molecular complexity index is 1140. The largest absolute Gasteiger partial charge is 0.389 e. The summed E-state index contributed by atoms with van der Waals surface area (Å²) in [4.78, 5) is 23.4. The summed E-state index contributed by atoms with van der Waals surface area (Å²) in [6, 6.07) is 7.44. The van der Waals surface area contributed by atoms with E-state index in [9.17, 15) is 9.90 Å². The fourth-order valence-electron chi connectivity index (χ4n) is 3.43. The van der Waals surface area contributed by atoms with Crippen LogP contribution in [-0.4, -0.2) is 52.4 Å². The van der Waals surface area contributed by atoms with Crippen molar-refractivity contribution < 1.29 is 9.84 Å². The normalized spacial score (nSPS) is 12.5. The molecule has 0 amide bonds. The van der Waals surface area contributed by atoms with Crippen LogP contribution >= 0.6 is 22.9 Å². The van der Waals surface area contributed by atoms with Gasteiger partial charge in [0, 0.05) is 22.5 Å². The molecule has 0 aliphatic carbocycles. The van der Waals surface area contributed by atoms with Gasteiger partial charge in [0.15, 0.2) is 0 Å². The molecular formula is C24H28ClN3O3S. The minimum absolute atomic E-state index is 0.166. The zero-order valence-corrected chi connectivity index (χ0v) is 19.9. The first kappa shape index (κ1) is 24.4. The van der Waals surface area contributed by atoms with Crippen molar-refractivity contribution in [2.45, 2.75) is 32.9 Å². The van der Waals surface area contributed by atoms with Gasteiger partial charge in [-0.05, 0) is 36.6 Å². The van der Waals surface area contributed by atoms with Gasteiger partial charge in [0.1, 0.15) is 17.3 Å². The third-order valence-corrected chi connectivity index (χ3v) is 6.10. The molecule has 0 fully saturated rings. The summed E-state index contributed by atoms with van der Waals surface area (Å²) in [5.41, 5.74) is 1.53. The molecule has 0 aliphatic heterocycles. The van der Waals surface area contributed by atoms with Gasteiger partial charge in [-0.3, -0.25) is 9.69 Å². The number of nitrogens with zero attached hydrogens (tertiary/aromatic N) is 2. The van der Waals surface area contributed by atoms with Crippen molar-refractivity contribution >= 4 is 33.2 Å². The van der Waals surface area contributed by atoms with Crippen LogP contribution in [0.15, 0.2) is 34.4 Å². The highest BCUT2D eigenvalue weighted by molar-refractivity contribution is 7.17. The van der Waals surface area contributed by atoms with Crippen LogP contribution in [0, 0.1) is 18.3 Å². The molecule has 3 aromatic rings. The lowest BCUT2D eigenvalue weighted by Gasteiger charge is -2.25. The number of H-pyrrole nitrogens is 1. The molecule has 0 saturated heterocycles. The molecule has 2 heterocycles. The summed E-state index contributed by atoms with van der Waals surface area (Å²) in [5.74, 6) is 3.48. The molecule has 32 heavy (non-hydrogen) atoms. The number of halogens is 1. The smallest absolute Gasteiger partial charge is 0.260 e. The SMILES string of the molecule is C#CCOCC(O)CN(CCC(C)C)Cc1nc2scc(-c3cccc(Cl)c3)c2c(=O)[nH]1. The second-order valence-electron chi connectivity index (χ2n) is 8.14. The molecule has 3 rings (SSSR count). The van der Waals surface area contributed by atoms with Crippen LogP contribution in [0.3, 0.4) is 0 Å². The maximum atomic E-state index is 13.0. The Balaban J connectivity index is 1.81. The van der Waals surface area contributed by atoms with Crippen molar-refractivity contribution in [1.82, 2.24) is 14.9 Å². The summed E-state index contributed by atoms with van der Waals surface area (Å²) >= 11 is 7.56. The van der Waals surface area contributed by atoms with Gasteiger partial charge in [-0.1, -0.05) is 43.5 Å². The second-order valence-corrected chi connectivity index (χ2v) is 9.44.